The van der Waals surface area contributed by atoms with Crippen LogP contribution in [0.25, 0.3) is 11.3 Å². The van der Waals surface area contributed by atoms with Crippen molar-refractivity contribution in [3.05, 3.63) is 108 Å². The summed E-state index contributed by atoms with van der Waals surface area (Å²) < 4.78 is 10.5. The van der Waals surface area contributed by atoms with E-state index in [2.05, 4.69) is 15.8 Å². The van der Waals surface area contributed by atoms with Crippen LogP contribution in [0.2, 0.25) is 0 Å². The van der Waals surface area contributed by atoms with Gasteiger partial charge in [0, 0.05) is 11.6 Å². The quantitative estimate of drug-likeness (QED) is 0.431. The normalized spacial score (nSPS) is 11.4. The van der Waals surface area contributed by atoms with E-state index < -0.39 is 5.91 Å². The van der Waals surface area contributed by atoms with E-state index in [-0.39, 0.29) is 24.2 Å². The van der Waals surface area contributed by atoms with E-state index in [1.54, 1.807) is 13.2 Å². The number of hydrogen-bond acceptors (Lipinski definition) is 5. The summed E-state index contributed by atoms with van der Waals surface area (Å²) in [5.74, 6) is 0.386. The van der Waals surface area contributed by atoms with E-state index in [0.29, 0.717) is 5.76 Å². The summed E-state index contributed by atoms with van der Waals surface area (Å²) in [4.78, 5) is 25.2. The Balaban J connectivity index is 1.41. The first-order valence-electron chi connectivity index (χ1n) is 10.4. The largest absolute Gasteiger partial charge is 0.497 e. The fraction of sp³-hybridized carbons (Fsp3) is 0.115. The number of nitrogens with one attached hydrogen (secondary N) is 2. The van der Waals surface area contributed by atoms with Crippen molar-refractivity contribution in [2.75, 3.05) is 13.7 Å². The highest BCUT2D eigenvalue weighted by molar-refractivity contribution is 5.95. The van der Waals surface area contributed by atoms with E-state index in [0.717, 1.165) is 22.4 Å². The molecule has 1 atom stereocenters. The summed E-state index contributed by atoms with van der Waals surface area (Å²) in [7, 11) is 1.60. The smallest absolute Gasteiger partial charge is 0.273 e. The van der Waals surface area contributed by atoms with Gasteiger partial charge in [0.1, 0.15) is 5.75 Å². The monoisotopic (exact) mass is 441 g/mol. The van der Waals surface area contributed by atoms with Crippen LogP contribution >= 0.6 is 0 Å². The van der Waals surface area contributed by atoms with Crippen molar-refractivity contribution in [2.24, 2.45) is 0 Å². The molecule has 4 aromatic rings. The SMILES string of the molecule is COc1ccc(C(NC(=O)CNC(=O)c2cc(-c3ccccc3)on2)c2ccccc2)cc1. The Morgan fingerprint density at radius 3 is 2.21 bits per heavy atom. The zero-order chi connectivity index (χ0) is 23.0. The van der Waals surface area contributed by atoms with Crippen molar-refractivity contribution in [2.45, 2.75) is 6.04 Å². The van der Waals surface area contributed by atoms with Crippen LogP contribution in [0.4, 0.5) is 0 Å². The summed E-state index contributed by atoms with van der Waals surface area (Å²) in [5, 5.41) is 9.40. The Labute approximate surface area is 191 Å². The lowest BCUT2D eigenvalue weighted by Gasteiger charge is -2.20. The van der Waals surface area contributed by atoms with Gasteiger partial charge < -0.3 is 19.9 Å². The molecule has 0 aliphatic carbocycles. The minimum absolute atomic E-state index is 0.108. The van der Waals surface area contributed by atoms with Gasteiger partial charge >= 0.3 is 0 Å². The first kappa shape index (κ1) is 21.8. The third kappa shape index (κ3) is 5.46. The second-order valence-corrected chi connectivity index (χ2v) is 7.31. The Morgan fingerprint density at radius 1 is 0.909 bits per heavy atom. The molecule has 0 bridgehead atoms. The van der Waals surface area contributed by atoms with Crippen LogP contribution < -0.4 is 15.4 Å². The molecule has 7 nitrogen and oxygen atoms in total. The molecule has 3 aromatic carbocycles. The Bertz CT molecular complexity index is 1210. The van der Waals surface area contributed by atoms with Gasteiger partial charge in [0.15, 0.2) is 11.5 Å². The lowest BCUT2D eigenvalue weighted by atomic mass is 9.98. The lowest BCUT2D eigenvalue weighted by molar-refractivity contribution is -0.120. The highest BCUT2D eigenvalue weighted by atomic mass is 16.5. The minimum Gasteiger partial charge on any atom is -0.497 e. The van der Waals surface area contributed by atoms with Gasteiger partial charge in [0.2, 0.25) is 5.91 Å². The third-order valence-electron chi connectivity index (χ3n) is 5.10. The fourth-order valence-electron chi connectivity index (χ4n) is 3.38. The minimum atomic E-state index is -0.489. The fourth-order valence-corrected chi connectivity index (χ4v) is 3.38. The Kier molecular flexibility index (Phi) is 6.80. The molecule has 0 aliphatic heterocycles. The molecule has 0 spiro atoms. The standard InChI is InChI=1S/C26H23N3O4/c1-32-21-14-12-20(13-15-21)25(19-10-6-3-7-11-19)28-24(30)17-27-26(31)22-16-23(33-29-22)18-8-4-2-5-9-18/h2-16,25H,17H2,1H3,(H,27,31)(H,28,30). The number of hydrogen-bond donors (Lipinski definition) is 2. The zero-order valence-electron chi connectivity index (χ0n) is 18.0. The molecule has 0 fully saturated rings. The van der Waals surface area contributed by atoms with E-state index in [1.807, 2.05) is 84.9 Å². The van der Waals surface area contributed by atoms with Gasteiger partial charge in [-0.2, -0.15) is 0 Å². The molecule has 4 rings (SSSR count). The van der Waals surface area contributed by atoms with E-state index in [1.165, 1.54) is 0 Å². The predicted molar refractivity (Wildman–Crippen MR) is 124 cm³/mol. The maximum Gasteiger partial charge on any atom is 0.273 e. The third-order valence-corrected chi connectivity index (χ3v) is 5.10. The molecular weight excluding hydrogens is 418 g/mol. The van der Waals surface area contributed by atoms with Crippen LogP contribution in [0.5, 0.6) is 5.75 Å². The zero-order valence-corrected chi connectivity index (χ0v) is 18.0. The van der Waals surface area contributed by atoms with Gasteiger partial charge in [0.05, 0.1) is 19.7 Å². The molecule has 7 heteroatoms. The van der Waals surface area contributed by atoms with Crippen molar-refractivity contribution in [3.63, 3.8) is 0 Å². The molecule has 0 aliphatic rings. The number of carbonyl (C=O) groups is 2. The van der Waals surface area contributed by atoms with Gasteiger partial charge in [0.25, 0.3) is 5.91 Å². The van der Waals surface area contributed by atoms with Gasteiger partial charge in [-0.1, -0.05) is 78.0 Å². The molecule has 0 radical (unpaired) electrons. The molecule has 33 heavy (non-hydrogen) atoms. The number of aromatic nitrogens is 1. The number of benzene rings is 3. The van der Waals surface area contributed by atoms with Crippen LogP contribution in [0.1, 0.15) is 27.7 Å². The molecular formula is C26H23N3O4. The highest BCUT2D eigenvalue weighted by Crippen LogP contribution is 2.24. The van der Waals surface area contributed by atoms with Crippen LogP contribution in [-0.2, 0) is 4.79 Å². The van der Waals surface area contributed by atoms with Crippen molar-refractivity contribution in [1.82, 2.24) is 15.8 Å². The van der Waals surface area contributed by atoms with Gasteiger partial charge in [-0.15, -0.1) is 0 Å². The average molecular weight is 441 g/mol. The number of ether oxygens (including phenoxy) is 1. The van der Waals surface area contributed by atoms with Crippen LogP contribution in [-0.4, -0.2) is 30.6 Å². The molecule has 166 valence electrons. The predicted octanol–water partition coefficient (Wildman–Crippen LogP) is 3.99. The molecule has 2 amide bonds. The molecule has 0 saturated heterocycles. The molecule has 2 N–H and O–H groups in total. The number of nitrogens with zero attached hydrogens (tertiary/aromatic N) is 1. The van der Waals surface area contributed by atoms with E-state index >= 15 is 0 Å². The van der Waals surface area contributed by atoms with Crippen molar-refractivity contribution < 1.29 is 18.8 Å². The number of amides is 2. The van der Waals surface area contributed by atoms with E-state index in [9.17, 15) is 9.59 Å². The number of rotatable bonds is 8. The first-order valence-corrected chi connectivity index (χ1v) is 10.4. The Hall–Kier alpha value is -4.39. The van der Waals surface area contributed by atoms with Gasteiger partial charge in [-0.05, 0) is 23.3 Å². The maximum atomic E-state index is 12.7. The second-order valence-electron chi connectivity index (χ2n) is 7.31. The highest BCUT2D eigenvalue weighted by Gasteiger charge is 2.19. The molecule has 0 saturated carbocycles. The van der Waals surface area contributed by atoms with Crippen molar-refractivity contribution >= 4 is 11.8 Å². The van der Waals surface area contributed by atoms with Crippen molar-refractivity contribution in [1.29, 1.82) is 0 Å². The summed E-state index contributed by atoms with van der Waals surface area (Å²) in [6, 6.07) is 27.6. The summed E-state index contributed by atoms with van der Waals surface area (Å²) >= 11 is 0. The maximum absolute atomic E-state index is 12.7. The Morgan fingerprint density at radius 2 is 1.55 bits per heavy atom. The first-order chi connectivity index (χ1) is 16.1. The van der Waals surface area contributed by atoms with Crippen molar-refractivity contribution in [3.8, 4) is 17.1 Å². The lowest BCUT2D eigenvalue weighted by Crippen LogP contribution is -2.39. The molecule has 1 unspecified atom stereocenters. The summed E-state index contributed by atoms with van der Waals surface area (Å²) in [6.45, 7) is -0.203. The van der Waals surface area contributed by atoms with Crippen LogP contribution in [0.3, 0.4) is 0 Å². The average Bonchev–Trinajstić information content (AvgIpc) is 3.38. The van der Waals surface area contributed by atoms with Gasteiger partial charge in [-0.25, -0.2) is 0 Å². The number of carbonyl (C=O) groups excluding carboxylic acids is 2. The molecule has 1 heterocycles. The second kappa shape index (κ2) is 10.3. The van der Waals surface area contributed by atoms with Crippen LogP contribution in [0.15, 0.2) is 95.5 Å². The van der Waals surface area contributed by atoms with Gasteiger partial charge in [-0.3, -0.25) is 9.59 Å². The summed E-state index contributed by atoms with van der Waals surface area (Å²) in [5.41, 5.74) is 2.74. The van der Waals surface area contributed by atoms with Crippen LogP contribution in [0, 0.1) is 0 Å². The summed E-state index contributed by atoms with van der Waals surface area (Å²) in [6.07, 6.45) is 0. The number of methoxy groups -OCH3 is 1. The molecule has 1 aromatic heterocycles. The van der Waals surface area contributed by atoms with E-state index in [4.69, 9.17) is 9.26 Å². The topological polar surface area (TPSA) is 93.5 Å².